The molecule has 5 aromatic rings. The number of hydrogen-bond acceptors (Lipinski definition) is 8. The molecule has 0 radical (unpaired) electrons. The van der Waals surface area contributed by atoms with Crippen LogP contribution in [-0.4, -0.2) is 48.3 Å². The highest BCUT2D eigenvalue weighted by atomic mass is 19.4. The van der Waals surface area contributed by atoms with Crippen molar-refractivity contribution in [3.8, 4) is 22.7 Å². The van der Waals surface area contributed by atoms with E-state index in [4.69, 9.17) is 9.52 Å². The summed E-state index contributed by atoms with van der Waals surface area (Å²) < 4.78 is 79.6. The predicted octanol–water partition coefficient (Wildman–Crippen LogP) is 5.57. The van der Waals surface area contributed by atoms with Crippen LogP contribution < -0.4 is 0 Å². The number of alkyl halides is 5. The van der Waals surface area contributed by atoms with E-state index in [0.717, 1.165) is 12.5 Å². The third-order valence-corrected chi connectivity index (χ3v) is 5.55. The van der Waals surface area contributed by atoms with E-state index in [0.29, 0.717) is 22.6 Å². The van der Waals surface area contributed by atoms with Crippen molar-refractivity contribution < 1.29 is 45.8 Å². The molecule has 41 heavy (non-hydrogen) atoms. The lowest BCUT2D eigenvalue weighted by Crippen LogP contribution is -2.34. The average Bonchev–Trinajstić information content (AvgIpc) is 3.61. The van der Waals surface area contributed by atoms with Crippen molar-refractivity contribution >= 4 is 29.1 Å². The number of carboxylic acids is 1. The zero-order valence-electron chi connectivity index (χ0n) is 20.8. The van der Waals surface area contributed by atoms with Crippen LogP contribution in [-0.2, 0) is 26.9 Å². The van der Waals surface area contributed by atoms with Crippen LogP contribution in [0.1, 0.15) is 18.2 Å². The number of rotatable bonds is 7. The summed E-state index contributed by atoms with van der Waals surface area (Å²) in [7, 11) is 0. The van der Waals surface area contributed by atoms with Crippen molar-refractivity contribution in [1.29, 1.82) is 0 Å². The minimum Gasteiger partial charge on any atom is -0.478 e. The molecule has 0 fully saturated rings. The minimum absolute atomic E-state index is 0.0215. The number of aliphatic carboxylic acids is 1. The number of halogens is 5. The molecule has 10 nitrogen and oxygen atoms in total. The summed E-state index contributed by atoms with van der Waals surface area (Å²) in [5.74, 6) is -6.07. The van der Waals surface area contributed by atoms with Gasteiger partial charge in [0.15, 0.2) is 0 Å². The number of allylic oxidation sites excluding steroid dienone is 1. The first kappa shape index (κ1) is 28.8. The number of hydrogen-bond donors (Lipinski definition) is 1. The molecule has 15 heteroatoms. The molecule has 1 N–H and O–H groups in total. The van der Waals surface area contributed by atoms with Gasteiger partial charge >= 0.3 is 18.1 Å². The Hall–Kier alpha value is -5.21. The molecular formula is C26H18F5N5O5. The molecule has 0 aliphatic carbocycles. The summed E-state index contributed by atoms with van der Waals surface area (Å²) in [4.78, 5) is 27.9. The van der Waals surface area contributed by atoms with Crippen LogP contribution >= 0.6 is 0 Å². The number of carbonyl (C=O) groups is 2. The molecule has 0 aliphatic heterocycles. The van der Waals surface area contributed by atoms with Crippen LogP contribution in [0, 0.1) is 0 Å². The van der Waals surface area contributed by atoms with Gasteiger partial charge < -0.3 is 14.3 Å². The minimum atomic E-state index is -5.86. The average molecular weight is 575 g/mol. The maximum Gasteiger partial charge on any atom is 0.459 e. The molecule has 4 aromatic heterocycles. The molecule has 212 valence electrons. The van der Waals surface area contributed by atoms with Crippen LogP contribution in [0.5, 0.6) is 0 Å². The van der Waals surface area contributed by atoms with Gasteiger partial charge in [0.25, 0.3) is 12.4 Å². The second-order valence-corrected chi connectivity index (χ2v) is 8.24. The van der Waals surface area contributed by atoms with Crippen LogP contribution in [0.25, 0.3) is 39.4 Å². The smallest absolute Gasteiger partial charge is 0.459 e. The Labute approximate surface area is 226 Å². The third kappa shape index (κ3) is 6.03. The van der Waals surface area contributed by atoms with E-state index in [1.54, 1.807) is 25.1 Å². The number of fused-ring (bicyclic) bond motifs is 3. The second-order valence-electron chi connectivity index (χ2n) is 8.24. The standard InChI is InChI=1S/C22H12F5N5O3.C4H6O2/c23-21(24,22(25,26)27)17-7-15(13-3-1-12(2-4-13)9-34-11-33)14-5-6-18-29-16(20-31-28-10-35-20)8-32(18)19(14)30-17;1-2-3-4(5)6/h1-8,10-11H,9H2;2-3H,1H3,(H,5,6)/b;3-2+. The Morgan fingerprint density at radius 2 is 1.83 bits per heavy atom. The van der Waals surface area contributed by atoms with Gasteiger partial charge in [0.2, 0.25) is 6.39 Å². The van der Waals surface area contributed by atoms with Crippen molar-refractivity contribution in [2.45, 2.75) is 25.6 Å². The summed E-state index contributed by atoms with van der Waals surface area (Å²) in [6.07, 6.45) is -0.877. The van der Waals surface area contributed by atoms with E-state index < -0.39 is 23.8 Å². The first-order chi connectivity index (χ1) is 19.5. The molecule has 0 bridgehead atoms. The second kappa shape index (κ2) is 11.5. The van der Waals surface area contributed by atoms with Crippen molar-refractivity contribution in [3.63, 3.8) is 0 Å². The van der Waals surface area contributed by atoms with E-state index in [1.165, 1.54) is 34.9 Å². The molecule has 0 spiro atoms. The highest BCUT2D eigenvalue weighted by Crippen LogP contribution is 2.45. The number of carbonyl (C=O) groups excluding carboxylic acids is 1. The molecule has 1 aromatic carbocycles. The Morgan fingerprint density at radius 1 is 1.10 bits per heavy atom. The maximum atomic E-state index is 14.4. The largest absolute Gasteiger partial charge is 0.478 e. The van der Waals surface area contributed by atoms with Crippen molar-refractivity contribution in [2.75, 3.05) is 0 Å². The molecule has 0 saturated heterocycles. The SMILES string of the molecule is C/C=C/C(=O)O.O=COCc1ccc(-c2cc(C(F)(F)C(F)(F)F)nc3c2ccc2nc(-c4nnco4)cn23)cc1. The summed E-state index contributed by atoms with van der Waals surface area (Å²) in [5, 5.41) is 15.4. The molecule has 0 amide bonds. The van der Waals surface area contributed by atoms with E-state index in [2.05, 4.69) is 24.9 Å². The number of ether oxygens (including phenoxy) is 1. The van der Waals surface area contributed by atoms with Gasteiger partial charge in [-0.25, -0.2) is 14.8 Å². The number of aromatic nitrogens is 5. The molecule has 0 aliphatic rings. The quantitative estimate of drug-likeness (QED) is 0.150. The van der Waals surface area contributed by atoms with Gasteiger partial charge in [-0.05, 0) is 41.8 Å². The van der Waals surface area contributed by atoms with Gasteiger partial charge in [0.05, 0.1) is 0 Å². The zero-order valence-corrected chi connectivity index (χ0v) is 20.8. The number of benzene rings is 1. The summed E-state index contributed by atoms with van der Waals surface area (Å²) in [5.41, 5.74) is -0.202. The van der Waals surface area contributed by atoms with Gasteiger partial charge in [-0.2, -0.15) is 22.0 Å². The monoisotopic (exact) mass is 575 g/mol. The van der Waals surface area contributed by atoms with Gasteiger partial charge in [0, 0.05) is 17.7 Å². The number of imidazole rings is 1. The number of pyridine rings is 2. The normalized spacial score (nSPS) is 12.0. The van der Waals surface area contributed by atoms with Crippen molar-refractivity contribution in [1.82, 2.24) is 24.6 Å². The first-order valence-corrected chi connectivity index (χ1v) is 11.5. The number of carboxylic acid groups (broad SMARTS) is 1. The van der Waals surface area contributed by atoms with Crippen LogP contribution in [0.3, 0.4) is 0 Å². The van der Waals surface area contributed by atoms with Gasteiger partial charge in [-0.1, -0.05) is 30.3 Å². The Morgan fingerprint density at radius 3 is 2.39 bits per heavy atom. The predicted molar refractivity (Wildman–Crippen MR) is 132 cm³/mol. The topological polar surface area (TPSA) is 133 Å². The van der Waals surface area contributed by atoms with Crippen LogP contribution in [0.15, 0.2) is 71.6 Å². The summed E-state index contributed by atoms with van der Waals surface area (Å²) in [6, 6.07) is 9.98. The van der Waals surface area contributed by atoms with Crippen LogP contribution in [0.2, 0.25) is 0 Å². The van der Waals surface area contributed by atoms with Gasteiger partial charge in [-0.3, -0.25) is 9.20 Å². The third-order valence-electron chi connectivity index (χ3n) is 5.55. The summed E-state index contributed by atoms with van der Waals surface area (Å²) >= 11 is 0. The Balaban J connectivity index is 0.000000585. The zero-order chi connectivity index (χ0) is 29.8. The molecular weight excluding hydrogens is 557 g/mol. The fraction of sp³-hybridized carbons (Fsp3) is 0.154. The fourth-order valence-corrected chi connectivity index (χ4v) is 3.72. The van der Waals surface area contributed by atoms with E-state index in [9.17, 15) is 31.5 Å². The van der Waals surface area contributed by atoms with E-state index in [-0.39, 0.29) is 41.5 Å². The highest BCUT2D eigenvalue weighted by Gasteiger charge is 2.60. The number of nitrogens with zero attached hydrogens (tertiary/aromatic N) is 5. The van der Waals surface area contributed by atoms with Gasteiger partial charge in [-0.15, -0.1) is 10.2 Å². The van der Waals surface area contributed by atoms with E-state index >= 15 is 0 Å². The maximum absolute atomic E-state index is 14.4. The van der Waals surface area contributed by atoms with E-state index in [1.807, 2.05) is 0 Å². The highest BCUT2D eigenvalue weighted by molar-refractivity contribution is 5.94. The molecule has 0 atom stereocenters. The summed E-state index contributed by atoms with van der Waals surface area (Å²) in [6.45, 7) is 1.91. The molecule has 0 saturated carbocycles. The molecule has 4 heterocycles. The van der Waals surface area contributed by atoms with Crippen molar-refractivity contribution in [2.24, 2.45) is 0 Å². The Bertz CT molecular complexity index is 1720. The Kier molecular flexibility index (Phi) is 8.07. The van der Waals surface area contributed by atoms with Crippen LogP contribution in [0.4, 0.5) is 22.0 Å². The van der Waals surface area contributed by atoms with Crippen molar-refractivity contribution in [3.05, 3.63) is 78.5 Å². The molecule has 0 unspecified atom stereocenters. The lowest BCUT2D eigenvalue weighted by Gasteiger charge is -2.20. The lowest BCUT2D eigenvalue weighted by atomic mass is 9.99. The lowest BCUT2D eigenvalue weighted by molar-refractivity contribution is -0.290. The molecule has 5 rings (SSSR count). The first-order valence-electron chi connectivity index (χ1n) is 11.5. The van der Waals surface area contributed by atoms with Gasteiger partial charge in [0.1, 0.15) is 29.3 Å². The fourth-order valence-electron chi connectivity index (χ4n) is 3.72.